The summed E-state index contributed by atoms with van der Waals surface area (Å²) in [4.78, 5) is 23.2. The highest BCUT2D eigenvalue weighted by Crippen LogP contribution is 2.27. The molecule has 0 bridgehead atoms. The number of hydrogen-bond acceptors (Lipinski definition) is 6. The maximum atomic E-state index is 12.1. The van der Waals surface area contributed by atoms with Crippen LogP contribution in [0.15, 0.2) is 12.3 Å². The molecule has 0 aliphatic carbocycles. The third-order valence-corrected chi connectivity index (χ3v) is 4.43. The van der Waals surface area contributed by atoms with E-state index in [2.05, 4.69) is 39.3 Å². The average molecular weight is 335 g/mol. The molecule has 2 N–H and O–H groups in total. The van der Waals surface area contributed by atoms with Gasteiger partial charge in [0.2, 0.25) is 11.9 Å². The summed E-state index contributed by atoms with van der Waals surface area (Å²) in [5.74, 6) is 2.40. The lowest BCUT2D eigenvalue weighted by atomic mass is 9.91. The predicted molar refractivity (Wildman–Crippen MR) is 95.2 cm³/mol. The molecule has 0 saturated carbocycles. The topological polar surface area (TPSA) is 79.4 Å². The Bertz CT molecular complexity index is 537. The lowest BCUT2D eigenvalue weighted by molar-refractivity contribution is -0.123. The van der Waals surface area contributed by atoms with Gasteiger partial charge >= 0.3 is 0 Å². The van der Waals surface area contributed by atoms with Gasteiger partial charge in [0.15, 0.2) is 0 Å². The molecule has 2 heterocycles. The van der Waals surface area contributed by atoms with Gasteiger partial charge in [-0.15, -0.1) is 0 Å². The number of ether oxygens (including phenoxy) is 1. The van der Waals surface area contributed by atoms with Crippen LogP contribution in [0.2, 0.25) is 0 Å². The Morgan fingerprint density at radius 1 is 1.46 bits per heavy atom. The smallest absolute Gasteiger partial charge is 0.227 e. The maximum Gasteiger partial charge on any atom is 0.227 e. The molecule has 0 aromatic carbocycles. The molecule has 1 aromatic rings. The van der Waals surface area contributed by atoms with E-state index in [1.165, 1.54) is 0 Å². The Hall–Kier alpha value is -1.89. The van der Waals surface area contributed by atoms with Crippen LogP contribution in [-0.4, -0.2) is 55.3 Å². The van der Waals surface area contributed by atoms with E-state index in [0.717, 1.165) is 18.9 Å². The second-order valence-electron chi connectivity index (χ2n) is 6.43. The summed E-state index contributed by atoms with van der Waals surface area (Å²) in [7, 11) is 1.84. The van der Waals surface area contributed by atoms with E-state index < -0.39 is 0 Å². The van der Waals surface area contributed by atoms with Crippen molar-refractivity contribution in [2.24, 2.45) is 11.8 Å². The summed E-state index contributed by atoms with van der Waals surface area (Å²) in [5, 5.41) is 6.20. The molecule has 0 spiro atoms. The highest BCUT2D eigenvalue weighted by Gasteiger charge is 2.36. The zero-order valence-corrected chi connectivity index (χ0v) is 15.1. The van der Waals surface area contributed by atoms with Gasteiger partial charge in [-0.05, 0) is 18.9 Å². The number of amides is 1. The molecule has 1 amide bonds. The first-order valence-electron chi connectivity index (χ1n) is 8.68. The third kappa shape index (κ3) is 4.80. The van der Waals surface area contributed by atoms with E-state index >= 15 is 0 Å². The van der Waals surface area contributed by atoms with Gasteiger partial charge in [-0.2, -0.15) is 4.98 Å². The number of nitrogens with zero attached hydrogens (tertiary/aromatic N) is 3. The van der Waals surface area contributed by atoms with Gasteiger partial charge in [0, 0.05) is 45.3 Å². The van der Waals surface area contributed by atoms with E-state index in [0.29, 0.717) is 37.4 Å². The molecular weight excluding hydrogens is 306 g/mol. The van der Waals surface area contributed by atoms with Crippen LogP contribution in [0.1, 0.15) is 27.2 Å². The van der Waals surface area contributed by atoms with E-state index in [1.807, 2.05) is 20.0 Å². The first-order valence-corrected chi connectivity index (χ1v) is 8.68. The van der Waals surface area contributed by atoms with Crippen molar-refractivity contribution in [3.63, 3.8) is 0 Å². The fourth-order valence-electron chi connectivity index (χ4n) is 3.05. The Labute approximate surface area is 144 Å². The van der Waals surface area contributed by atoms with Gasteiger partial charge in [0.25, 0.3) is 0 Å². The summed E-state index contributed by atoms with van der Waals surface area (Å²) in [6, 6.07) is 1.95. The van der Waals surface area contributed by atoms with Gasteiger partial charge in [-0.25, -0.2) is 4.98 Å². The lowest BCUT2D eigenvalue weighted by Crippen LogP contribution is -2.42. The highest BCUT2D eigenvalue weighted by atomic mass is 16.5. The fourth-order valence-corrected chi connectivity index (χ4v) is 3.05. The average Bonchev–Trinajstić information content (AvgIpc) is 2.99. The van der Waals surface area contributed by atoms with E-state index in [1.54, 1.807) is 6.20 Å². The summed E-state index contributed by atoms with van der Waals surface area (Å²) in [6.07, 6.45) is 2.16. The number of nitrogens with one attached hydrogen (secondary N) is 2. The molecule has 1 aromatic heterocycles. The Kier molecular flexibility index (Phi) is 6.78. The van der Waals surface area contributed by atoms with Crippen molar-refractivity contribution < 1.29 is 9.53 Å². The maximum absolute atomic E-state index is 12.1. The quantitative estimate of drug-likeness (QED) is 0.701. The molecule has 7 nitrogen and oxygen atoms in total. The second-order valence-corrected chi connectivity index (χ2v) is 6.43. The highest BCUT2D eigenvalue weighted by molar-refractivity contribution is 5.76. The molecule has 0 radical (unpaired) electrons. The SMILES string of the molecule is CCOCCC(=O)N[C@H]1CN(c2nccc(NC)n2)C[C@@H]1C(C)C. The largest absolute Gasteiger partial charge is 0.381 e. The third-order valence-electron chi connectivity index (χ3n) is 4.43. The molecular formula is C17H29N5O2. The minimum atomic E-state index is 0.0471. The number of aromatic nitrogens is 2. The monoisotopic (exact) mass is 335 g/mol. The molecule has 2 rings (SSSR count). The van der Waals surface area contributed by atoms with Crippen LogP contribution in [0.25, 0.3) is 0 Å². The fraction of sp³-hybridized carbons (Fsp3) is 0.706. The van der Waals surface area contributed by atoms with Crippen molar-refractivity contribution in [3.8, 4) is 0 Å². The van der Waals surface area contributed by atoms with Crippen molar-refractivity contribution in [3.05, 3.63) is 12.3 Å². The zero-order chi connectivity index (χ0) is 17.5. The van der Waals surface area contributed by atoms with Crippen molar-refractivity contribution in [2.45, 2.75) is 33.2 Å². The molecule has 0 unspecified atom stereocenters. The van der Waals surface area contributed by atoms with E-state index in [4.69, 9.17) is 4.74 Å². The van der Waals surface area contributed by atoms with Gasteiger partial charge < -0.3 is 20.3 Å². The minimum absolute atomic E-state index is 0.0471. The minimum Gasteiger partial charge on any atom is -0.381 e. The molecule has 1 fully saturated rings. The Morgan fingerprint density at radius 2 is 2.25 bits per heavy atom. The lowest BCUT2D eigenvalue weighted by Gasteiger charge is -2.22. The van der Waals surface area contributed by atoms with Gasteiger partial charge in [-0.3, -0.25) is 4.79 Å². The molecule has 1 saturated heterocycles. The van der Waals surface area contributed by atoms with Crippen LogP contribution >= 0.6 is 0 Å². The van der Waals surface area contributed by atoms with Crippen LogP contribution in [0.3, 0.4) is 0 Å². The molecule has 134 valence electrons. The number of carbonyl (C=O) groups excluding carboxylic acids is 1. The molecule has 7 heteroatoms. The van der Waals surface area contributed by atoms with Gasteiger partial charge in [-0.1, -0.05) is 13.8 Å². The second kappa shape index (κ2) is 8.82. The zero-order valence-electron chi connectivity index (χ0n) is 15.1. The molecule has 1 aliphatic heterocycles. The Morgan fingerprint density at radius 3 is 2.92 bits per heavy atom. The van der Waals surface area contributed by atoms with Crippen LogP contribution in [0, 0.1) is 11.8 Å². The van der Waals surface area contributed by atoms with Crippen molar-refractivity contribution in [1.82, 2.24) is 15.3 Å². The van der Waals surface area contributed by atoms with Crippen molar-refractivity contribution in [2.75, 3.05) is 43.6 Å². The van der Waals surface area contributed by atoms with Crippen molar-refractivity contribution >= 4 is 17.7 Å². The molecule has 1 aliphatic rings. The normalized spacial score (nSPS) is 20.5. The molecule has 24 heavy (non-hydrogen) atoms. The van der Waals surface area contributed by atoms with Crippen LogP contribution in [-0.2, 0) is 9.53 Å². The van der Waals surface area contributed by atoms with Gasteiger partial charge in [0.1, 0.15) is 5.82 Å². The first-order chi connectivity index (χ1) is 11.5. The number of carbonyl (C=O) groups is 1. The first kappa shape index (κ1) is 18.4. The van der Waals surface area contributed by atoms with Crippen LogP contribution in [0.4, 0.5) is 11.8 Å². The van der Waals surface area contributed by atoms with Crippen molar-refractivity contribution in [1.29, 1.82) is 0 Å². The summed E-state index contributed by atoms with van der Waals surface area (Å²) >= 11 is 0. The van der Waals surface area contributed by atoms with E-state index in [9.17, 15) is 4.79 Å². The Balaban J connectivity index is 2.01. The number of anilines is 2. The summed E-state index contributed by atoms with van der Waals surface area (Å²) in [5.41, 5.74) is 0. The summed E-state index contributed by atoms with van der Waals surface area (Å²) < 4.78 is 5.26. The predicted octanol–water partition coefficient (Wildman–Crippen LogP) is 1.52. The van der Waals surface area contributed by atoms with Crippen LogP contribution in [0.5, 0.6) is 0 Å². The van der Waals surface area contributed by atoms with Crippen LogP contribution < -0.4 is 15.5 Å². The van der Waals surface area contributed by atoms with E-state index in [-0.39, 0.29) is 11.9 Å². The standard InChI is InChI=1S/C17H29N5O2/c1-5-24-9-7-16(23)20-14-11-22(10-13(14)12(2)3)17-19-8-6-15(18-4)21-17/h6,8,12-14H,5,7,9-11H2,1-4H3,(H,20,23)(H,18,19,21)/t13-,14+/m1/s1. The molecule has 2 atom stereocenters. The van der Waals surface area contributed by atoms with Gasteiger partial charge in [0.05, 0.1) is 12.6 Å². The number of rotatable bonds is 8. The summed E-state index contributed by atoms with van der Waals surface area (Å²) in [6.45, 7) is 9.01. The number of hydrogen-bond donors (Lipinski definition) is 2.